The van der Waals surface area contributed by atoms with Gasteiger partial charge in [-0.2, -0.15) is 0 Å². The summed E-state index contributed by atoms with van der Waals surface area (Å²) in [6.07, 6.45) is 7.98. The topological polar surface area (TPSA) is 76.9 Å². The number of aryl methyl sites for hydroxylation is 1. The van der Waals surface area contributed by atoms with E-state index in [2.05, 4.69) is 26.1 Å². The van der Waals surface area contributed by atoms with Crippen LogP contribution in [0.4, 0.5) is 0 Å². The molecule has 2 aromatic rings. The van der Waals surface area contributed by atoms with E-state index in [0.717, 1.165) is 29.4 Å². The maximum Gasteiger partial charge on any atom is 0.240 e. The van der Waals surface area contributed by atoms with Gasteiger partial charge in [-0.3, -0.25) is 0 Å². The molecule has 1 N–H and O–H groups in total. The predicted octanol–water partition coefficient (Wildman–Crippen LogP) is 3.89. The van der Waals surface area contributed by atoms with Gasteiger partial charge in [0.15, 0.2) is 5.16 Å². The van der Waals surface area contributed by atoms with E-state index in [1.807, 2.05) is 13.0 Å². The van der Waals surface area contributed by atoms with Gasteiger partial charge in [0.1, 0.15) is 5.82 Å². The molecule has 0 atom stereocenters. The second-order valence-electron chi connectivity index (χ2n) is 7.13. The lowest BCUT2D eigenvalue weighted by atomic mass is 9.89. The van der Waals surface area contributed by atoms with E-state index in [1.54, 1.807) is 24.3 Å². The Bertz CT molecular complexity index is 885. The molecule has 0 aliphatic heterocycles. The fourth-order valence-corrected chi connectivity index (χ4v) is 5.46. The SMILES string of the molecule is C=CCn1c(SCCNS(=O)(=O)c2ccc(C)cc2)nnc1C1CCCCC1. The number of sulfonamides is 1. The normalized spacial score (nSPS) is 15.6. The molecule has 1 aliphatic rings. The van der Waals surface area contributed by atoms with Gasteiger partial charge in [0, 0.05) is 24.8 Å². The molecule has 3 rings (SSSR count). The number of allylic oxidation sites excluding steroid dienone is 1. The van der Waals surface area contributed by atoms with Crippen LogP contribution >= 0.6 is 11.8 Å². The number of nitrogens with zero attached hydrogens (tertiary/aromatic N) is 3. The minimum Gasteiger partial charge on any atom is -0.302 e. The fourth-order valence-electron chi connectivity index (χ4n) is 3.49. The molecule has 152 valence electrons. The number of benzene rings is 1. The lowest BCUT2D eigenvalue weighted by Gasteiger charge is -2.21. The summed E-state index contributed by atoms with van der Waals surface area (Å²) in [6.45, 7) is 6.80. The first-order valence-electron chi connectivity index (χ1n) is 9.74. The second-order valence-corrected chi connectivity index (χ2v) is 9.96. The van der Waals surface area contributed by atoms with E-state index in [1.165, 1.54) is 31.0 Å². The molecule has 1 heterocycles. The maximum absolute atomic E-state index is 12.4. The number of aromatic nitrogens is 3. The third-order valence-electron chi connectivity index (χ3n) is 4.98. The van der Waals surface area contributed by atoms with Gasteiger partial charge >= 0.3 is 0 Å². The highest BCUT2D eigenvalue weighted by molar-refractivity contribution is 7.99. The van der Waals surface area contributed by atoms with Gasteiger partial charge < -0.3 is 4.57 Å². The number of hydrogen-bond acceptors (Lipinski definition) is 5. The van der Waals surface area contributed by atoms with Crippen molar-refractivity contribution in [2.45, 2.75) is 61.5 Å². The van der Waals surface area contributed by atoms with E-state index in [-0.39, 0.29) is 4.90 Å². The van der Waals surface area contributed by atoms with Gasteiger partial charge in [-0.1, -0.05) is 54.8 Å². The van der Waals surface area contributed by atoms with Crippen LogP contribution in [-0.2, 0) is 16.6 Å². The van der Waals surface area contributed by atoms with E-state index in [4.69, 9.17) is 0 Å². The van der Waals surface area contributed by atoms with Crippen LogP contribution in [0.3, 0.4) is 0 Å². The largest absolute Gasteiger partial charge is 0.302 e. The van der Waals surface area contributed by atoms with E-state index >= 15 is 0 Å². The van der Waals surface area contributed by atoms with Crippen LogP contribution in [0.15, 0.2) is 47.0 Å². The van der Waals surface area contributed by atoms with Crippen LogP contribution in [0.5, 0.6) is 0 Å². The standard InChI is InChI=1S/C20H28N4O2S2/c1-3-14-24-19(17-7-5-4-6-8-17)22-23-20(24)27-15-13-21-28(25,26)18-11-9-16(2)10-12-18/h3,9-12,17,21H,1,4-8,13-15H2,2H3. The third kappa shape index (κ3) is 5.24. The third-order valence-corrected chi connectivity index (χ3v) is 7.43. The summed E-state index contributed by atoms with van der Waals surface area (Å²) in [5.41, 5.74) is 1.03. The van der Waals surface area contributed by atoms with E-state index in [0.29, 0.717) is 24.8 Å². The first-order valence-corrected chi connectivity index (χ1v) is 12.2. The van der Waals surface area contributed by atoms with Crippen molar-refractivity contribution in [2.24, 2.45) is 0 Å². The number of nitrogens with one attached hydrogen (secondary N) is 1. The minimum absolute atomic E-state index is 0.289. The maximum atomic E-state index is 12.4. The lowest BCUT2D eigenvalue weighted by molar-refractivity contribution is 0.415. The average Bonchev–Trinajstić information content (AvgIpc) is 3.09. The Kier molecular flexibility index (Phi) is 7.31. The number of thioether (sulfide) groups is 1. The molecule has 28 heavy (non-hydrogen) atoms. The lowest BCUT2D eigenvalue weighted by Crippen LogP contribution is -2.26. The zero-order valence-corrected chi connectivity index (χ0v) is 17.9. The molecule has 1 fully saturated rings. The highest BCUT2D eigenvalue weighted by Crippen LogP contribution is 2.33. The van der Waals surface area contributed by atoms with Crippen molar-refractivity contribution >= 4 is 21.8 Å². The van der Waals surface area contributed by atoms with Crippen LogP contribution < -0.4 is 4.72 Å². The Hall–Kier alpha value is -1.64. The zero-order chi connectivity index (χ0) is 20.0. The van der Waals surface area contributed by atoms with Gasteiger partial charge in [0.2, 0.25) is 10.0 Å². The molecule has 0 bridgehead atoms. The van der Waals surface area contributed by atoms with Crippen LogP contribution in [0, 0.1) is 6.92 Å². The quantitative estimate of drug-likeness (QED) is 0.378. The molecule has 0 amide bonds. The predicted molar refractivity (Wildman–Crippen MR) is 113 cm³/mol. The van der Waals surface area contributed by atoms with Crippen LogP contribution in [-0.4, -0.2) is 35.5 Å². The first kappa shape index (κ1) is 21.1. The summed E-state index contributed by atoms with van der Waals surface area (Å²) < 4.78 is 29.5. The van der Waals surface area contributed by atoms with Crippen molar-refractivity contribution in [1.82, 2.24) is 19.5 Å². The van der Waals surface area contributed by atoms with Crippen molar-refractivity contribution in [2.75, 3.05) is 12.3 Å². The summed E-state index contributed by atoms with van der Waals surface area (Å²) in [5.74, 6) is 2.10. The van der Waals surface area contributed by atoms with Gasteiger partial charge in [0.25, 0.3) is 0 Å². The summed E-state index contributed by atoms with van der Waals surface area (Å²) in [4.78, 5) is 0.289. The first-order chi connectivity index (χ1) is 13.5. The van der Waals surface area contributed by atoms with Gasteiger partial charge in [-0.25, -0.2) is 13.1 Å². The molecule has 1 aliphatic carbocycles. The Balaban J connectivity index is 1.59. The van der Waals surface area contributed by atoms with Crippen molar-refractivity contribution in [3.63, 3.8) is 0 Å². The molecular formula is C20H28N4O2S2. The molecule has 1 aromatic carbocycles. The second kappa shape index (κ2) is 9.71. The molecule has 8 heteroatoms. The number of rotatable bonds is 9. The molecule has 0 spiro atoms. The van der Waals surface area contributed by atoms with Crippen LogP contribution in [0.1, 0.15) is 49.4 Å². The summed E-state index contributed by atoms with van der Waals surface area (Å²) in [5, 5.41) is 9.64. The Morgan fingerprint density at radius 3 is 2.61 bits per heavy atom. The number of hydrogen-bond donors (Lipinski definition) is 1. The van der Waals surface area contributed by atoms with Crippen molar-refractivity contribution < 1.29 is 8.42 Å². The summed E-state index contributed by atoms with van der Waals surface area (Å²) >= 11 is 1.52. The van der Waals surface area contributed by atoms with E-state index in [9.17, 15) is 8.42 Å². The Labute approximate surface area is 171 Å². The Morgan fingerprint density at radius 2 is 1.93 bits per heavy atom. The van der Waals surface area contributed by atoms with Crippen molar-refractivity contribution in [3.8, 4) is 0 Å². The van der Waals surface area contributed by atoms with Gasteiger partial charge in [0.05, 0.1) is 4.90 Å². The summed E-state index contributed by atoms with van der Waals surface area (Å²) in [7, 11) is -3.49. The Morgan fingerprint density at radius 1 is 1.21 bits per heavy atom. The monoisotopic (exact) mass is 420 g/mol. The zero-order valence-electron chi connectivity index (χ0n) is 16.3. The minimum atomic E-state index is -3.49. The molecule has 0 unspecified atom stereocenters. The average molecular weight is 421 g/mol. The summed E-state index contributed by atoms with van der Waals surface area (Å²) in [6, 6.07) is 6.85. The van der Waals surface area contributed by atoms with Gasteiger partial charge in [-0.15, -0.1) is 16.8 Å². The van der Waals surface area contributed by atoms with Crippen LogP contribution in [0.2, 0.25) is 0 Å². The smallest absolute Gasteiger partial charge is 0.240 e. The molecule has 0 radical (unpaired) electrons. The van der Waals surface area contributed by atoms with Gasteiger partial charge in [-0.05, 0) is 31.9 Å². The molecule has 0 saturated heterocycles. The van der Waals surface area contributed by atoms with Crippen molar-refractivity contribution in [1.29, 1.82) is 0 Å². The van der Waals surface area contributed by atoms with E-state index < -0.39 is 10.0 Å². The highest BCUT2D eigenvalue weighted by Gasteiger charge is 2.23. The fraction of sp³-hybridized carbons (Fsp3) is 0.500. The highest BCUT2D eigenvalue weighted by atomic mass is 32.2. The van der Waals surface area contributed by atoms with Crippen molar-refractivity contribution in [3.05, 3.63) is 48.3 Å². The molecule has 6 nitrogen and oxygen atoms in total. The molecule has 1 saturated carbocycles. The molecular weight excluding hydrogens is 392 g/mol. The molecule has 1 aromatic heterocycles. The van der Waals surface area contributed by atoms with Crippen LogP contribution in [0.25, 0.3) is 0 Å².